The van der Waals surface area contributed by atoms with Gasteiger partial charge in [-0.05, 0) is 49.9 Å². The molecule has 0 N–H and O–H groups in total. The Kier molecular flexibility index (Phi) is 36.7. The molecular formula is C68H118N2O3S. The molecule has 424 valence electrons. The third kappa shape index (κ3) is 29.8. The first-order valence-corrected chi connectivity index (χ1v) is 34.2. The maximum absolute atomic E-state index is 13.8. The van der Waals surface area contributed by atoms with Gasteiger partial charge in [0.05, 0.1) is 12.4 Å². The second-order valence-electron chi connectivity index (χ2n) is 24.5. The fourth-order valence-electron chi connectivity index (χ4n) is 12.8. The Morgan fingerprint density at radius 2 is 0.797 bits per heavy atom. The molecule has 1 unspecified atom stereocenters. The topological polar surface area (TPSA) is 55.0 Å². The van der Waals surface area contributed by atoms with Gasteiger partial charge >= 0.3 is 0 Å². The molecule has 5 rings (SSSR count). The summed E-state index contributed by atoms with van der Waals surface area (Å²) >= 11 is 1.95. The number of thioether (sulfide) groups is 1. The van der Waals surface area contributed by atoms with Crippen molar-refractivity contribution in [2.75, 3.05) is 19.7 Å². The molecule has 5 nitrogen and oxygen atoms in total. The van der Waals surface area contributed by atoms with E-state index in [9.17, 15) is 4.79 Å². The smallest absolute Gasteiger partial charge is 0.279 e. The van der Waals surface area contributed by atoms with Crippen molar-refractivity contribution in [3.8, 4) is 0 Å². The predicted octanol–water partition coefficient (Wildman–Crippen LogP) is 22.8. The Morgan fingerprint density at radius 1 is 0.459 bits per heavy atom. The molecule has 1 aliphatic carbocycles. The van der Waals surface area contributed by atoms with Crippen LogP contribution in [-0.4, -0.2) is 46.5 Å². The molecular weight excluding hydrogens is 925 g/mol. The highest BCUT2D eigenvalue weighted by atomic mass is 32.2. The highest BCUT2D eigenvalue weighted by molar-refractivity contribution is 8.15. The number of benzene rings is 1. The van der Waals surface area contributed by atoms with Gasteiger partial charge in [0.2, 0.25) is 0 Å². The van der Waals surface area contributed by atoms with Crippen LogP contribution in [0.4, 0.5) is 0 Å². The maximum Gasteiger partial charge on any atom is 0.279 e. The number of amidine groups is 1. The monoisotopic (exact) mass is 1040 g/mol. The molecule has 3 aliphatic rings. The van der Waals surface area contributed by atoms with Gasteiger partial charge in [-0.2, -0.15) is 4.99 Å². The number of furan rings is 1. The highest BCUT2D eigenvalue weighted by Crippen LogP contribution is 2.45. The lowest BCUT2D eigenvalue weighted by Crippen LogP contribution is -2.37. The third-order valence-electron chi connectivity index (χ3n) is 17.7. The van der Waals surface area contributed by atoms with Crippen LogP contribution >= 0.6 is 11.8 Å². The van der Waals surface area contributed by atoms with E-state index < -0.39 is 0 Å². The first kappa shape index (κ1) is 63.0. The molecule has 1 amide bonds. The van der Waals surface area contributed by atoms with Crippen LogP contribution in [0.1, 0.15) is 351 Å². The van der Waals surface area contributed by atoms with Gasteiger partial charge in [-0.25, -0.2) is 0 Å². The zero-order chi connectivity index (χ0) is 51.5. The van der Waals surface area contributed by atoms with E-state index in [0.717, 1.165) is 48.7 Å². The Morgan fingerprint density at radius 3 is 1.12 bits per heavy atom. The third-order valence-corrected chi connectivity index (χ3v) is 19.2. The van der Waals surface area contributed by atoms with E-state index in [0.29, 0.717) is 5.56 Å². The molecule has 2 aromatic rings. The van der Waals surface area contributed by atoms with E-state index in [1.165, 1.54) is 327 Å². The number of amides is 1. The second kappa shape index (κ2) is 43.1. The molecule has 1 spiro atoms. The Hall–Kier alpha value is -1.79. The van der Waals surface area contributed by atoms with Crippen molar-refractivity contribution in [1.82, 2.24) is 4.90 Å². The Balaban J connectivity index is 1.00. The normalized spacial score (nSPS) is 24.7. The van der Waals surface area contributed by atoms with Crippen molar-refractivity contribution in [2.24, 2.45) is 4.99 Å². The minimum absolute atomic E-state index is 0.119. The summed E-state index contributed by atoms with van der Waals surface area (Å²) in [4.78, 5) is 21.2. The van der Waals surface area contributed by atoms with Gasteiger partial charge < -0.3 is 14.1 Å². The van der Waals surface area contributed by atoms with Crippen LogP contribution in [0, 0.1) is 0 Å². The minimum atomic E-state index is -0.140. The van der Waals surface area contributed by atoms with Gasteiger partial charge in [0.25, 0.3) is 5.91 Å². The number of hydrogen-bond acceptors (Lipinski definition) is 4. The number of nitrogens with zero attached hydrogens (tertiary/aromatic N) is 2. The second-order valence-corrected chi connectivity index (χ2v) is 25.9. The molecule has 1 aromatic heterocycles. The van der Waals surface area contributed by atoms with Gasteiger partial charge in [-0.3, -0.25) is 4.79 Å². The largest absolute Gasteiger partial charge is 0.464 e. The summed E-state index contributed by atoms with van der Waals surface area (Å²) in [5.41, 5.74) is 1.45. The zero-order valence-corrected chi connectivity index (χ0v) is 49.4. The molecule has 0 radical (unpaired) electrons. The van der Waals surface area contributed by atoms with Crippen LogP contribution in [0.15, 0.2) is 39.9 Å². The first-order valence-electron chi connectivity index (χ1n) is 33.4. The van der Waals surface area contributed by atoms with Gasteiger partial charge in [0, 0.05) is 35.4 Å². The van der Waals surface area contributed by atoms with Crippen molar-refractivity contribution < 1.29 is 13.9 Å². The van der Waals surface area contributed by atoms with Crippen molar-refractivity contribution in [3.05, 3.63) is 36.1 Å². The number of carbonyl (C=O) groups excluding carboxylic acids is 1. The van der Waals surface area contributed by atoms with Crippen molar-refractivity contribution in [2.45, 2.75) is 351 Å². The number of ether oxygens (including phenoxy) is 1. The Bertz CT molecular complexity index is 1600. The van der Waals surface area contributed by atoms with Crippen molar-refractivity contribution >= 4 is 33.8 Å². The molecule has 1 saturated carbocycles. The van der Waals surface area contributed by atoms with E-state index >= 15 is 0 Å². The number of fused-ring (bicyclic) bond motifs is 1. The van der Waals surface area contributed by atoms with Gasteiger partial charge in [0.15, 0.2) is 5.17 Å². The molecule has 1 atom stereocenters. The summed E-state index contributed by atoms with van der Waals surface area (Å²) < 4.78 is 11.9. The summed E-state index contributed by atoms with van der Waals surface area (Å²) in [6, 6.07) is 7.65. The summed E-state index contributed by atoms with van der Waals surface area (Å²) in [5.74, 6) is -0.140. The molecule has 2 saturated heterocycles. The van der Waals surface area contributed by atoms with E-state index in [4.69, 9.17) is 14.1 Å². The van der Waals surface area contributed by atoms with E-state index in [2.05, 4.69) is 4.90 Å². The number of rotatable bonds is 3. The number of carbonyl (C=O) groups is 1. The molecule has 3 fully saturated rings. The van der Waals surface area contributed by atoms with Gasteiger partial charge in [-0.15, -0.1) is 0 Å². The zero-order valence-electron chi connectivity index (χ0n) is 48.6. The summed E-state index contributed by atoms with van der Waals surface area (Å²) in [5, 5.41) is 1.88. The average Bonchev–Trinajstić information content (AvgIpc) is 4.19. The lowest BCUT2D eigenvalue weighted by atomic mass is 9.92. The molecule has 2 aliphatic heterocycles. The van der Waals surface area contributed by atoms with Crippen LogP contribution in [-0.2, 0) is 4.74 Å². The van der Waals surface area contributed by atoms with Crippen LogP contribution < -0.4 is 0 Å². The lowest BCUT2D eigenvalue weighted by molar-refractivity contribution is 0.0898. The lowest BCUT2D eigenvalue weighted by Gasteiger charge is -2.29. The summed E-state index contributed by atoms with van der Waals surface area (Å²) in [7, 11) is 0. The van der Waals surface area contributed by atoms with E-state index in [-0.39, 0.29) is 16.8 Å². The van der Waals surface area contributed by atoms with Crippen molar-refractivity contribution in [3.63, 3.8) is 0 Å². The molecule has 6 heteroatoms. The molecule has 3 heterocycles. The maximum atomic E-state index is 13.8. The predicted molar refractivity (Wildman–Crippen MR) is 324 cm³/mol. The van der Waals surface area contributed by atoms with E-state index in [1.54, 1.807) is 6.26 Å². The minimum Gasteiger partial charge on any atom is -0.464 e. The fraction of sp³-hybridized carbons (Fsp3) is 0.853. The summed E-state index contributed by atoms with van der Waals surface area (Å²) in [6.07, 6.45) is 77.2. The van der Waals surface area contributed by atoms with Gasteiger partial charge in [-0.1, -0.05) is 326 Å². The molecule has 0 bridgehead atoms. The van der Waals surface area contributed by atoms with Crippen LogP contribution in [0.3, 0.4) is 0 Å². The van der Waals surface area contributed by atoms with Gasteiger partial charge in [0.1, 0.15) is 5.58 Å². The first-order chi connectivity index (χ1) is 36.7. The Labute approximate surface area is 462 Å². The number of aliphatic imine (C=N–C) groups is 1. The fourth-order valence-corrected chi connectivity index (χ4v) is 14.3. The van der Waals surface area contributed by atoms with Crippen LogP contribution in [0.2, 0.25) is 0 Å². The molecule has 1 aromatic carbocycles. The number of hydrogen-bond donors (Lipinski definition) is 0. The van der Waals surface area contributed by atoms with Crippen molar-refractivity contribution in [1.29, 1.82) is 0 Å². The summed E-state index contributed by atoms with van der Waals surface area (Å²) in [6.45, 7) is 2.69. The SMILES string of the molecule is O=C(N=C1SC2(CCCCCCCCCCCCCCCCCCCCCCCCCCCCCCCCCCCCCCCCCCCCCCCCCCC2)CN1CC1CCCO1)c1ccc2occc2c1. The van der Waals surface area contributed by atoms with Crippen LogP contribution in [0.25, 0.3) is 11.0 Å². The molecule has 74 heavy (non-hydrogen) atoms. The average molecular weight is 1040 g/mol. The highest BCUT2D eigenvalue weighted by Gasteiger charge is 2.43. The quantitative estimate of drug-likeness (QED) is 0.307. The van der Waals surface area contributed by atoms with Crippen LogP contribution in [0.5, 0.6) is 0 Å². The standard InChI is InChI=1S/C68H118N2O3S/c71-66(63-52-53-65-62(59-63)54-58-73-65)69-67-70(60-64-51-50-57-72-64)61-68(74-67)55-48-46-44-42-40-38-36-34-32-30-28-26-24-22-20-18-16-14-12-10-8-6-4-2-1-3-5-7-9-11-13-15-17-19-21-23-25-27-29-31-33-35-37-39-41-43-45-47-49-56-68/h52-54,58-59,64H,1-51,55-57,60-61H2. The van der Waals surface area contributed by atoms with E-state index in [1.807, 2.05) is 36.0 Å².